The van der Waals surface area contributed by atoms with Crippen molar-refractivity contribution in [3.05, 3.63) is 18.5 Å². The molecule has 0 amide bonds. The second-order valence-corrected chi connectivity index (χ2v) is 1.36. The van der Waals surface area contributed by atoms with E-state index in [1.54, 1.807) is 0 Å². The Morgan fingerprint density at radius 1 is 1.89 bits per heavy atom. The molecular weight excluding hydrogens is 120 g/mol. The molecule has 0 aliphatic carbocycles. The number of hydrogen-bond donors (Lipinski definition) is 0. The van der Waals surface area contributed by atoms with Gasteiger partial charge in [-0.25, -0.2) is 4.79 Å². The number of carbonyl (C=O) groups excluding carboxylic acids is 1. The zero-order valence-electron chi connectivity index (χ0n) is 4.87. The molecule has 1 heterocycles. The van der Waals surface area contributed by atoms with Gasteiger partial charge in [0.25, 0.3) is 0 Å². The predicted molar refractivity (Wildman–Crippen MR) is 28.9 cm³/mol. The summed E-state index contributed by atoms with van der Waals surface area (Å²) in [6, 6.07) is 1.52. The molecule has 0 aromatic carbocycles. The van der Waals surface area contributed by atoms with Crippen LogP contribution < -0.4 is 0 Å². The quantitative estimate of drug-likeness (QED) is 0.500. The fourth-order valence-corrected chi connectivity index (χ4v) is 0.428. The molecular formula is C5H5N2O2. The smallest absolute Gasteiger partial charge is 0.434 e. The number of ether oxygens (including phenoxy) is 1. The molecule has 0 N–H and O–H groups in total. The van der Waals surface area contributed by atoms with Gasteiger partial charge in [-0.2, -0.15) is 9.78 Å². The van der Waals surface area contributed by atoms with E-state index in [1.165, 1.54) is 19.4 Å². The lowest BCUT2D eigenvalue weighted by atomic mass is 10.8. The van der Waals surface area contributed by atoms with Gasteiger partial charge in [0.15, 0.2) is 0 Å². The average Bonchev–Trinajstić information content (AvgIpc) is 2.37. The number of carbonyl (C=O) groups is 1. The largest absolute Gasteiger partial charge is 0.451 e. The van der Waals surface area contributed by atoms with Crippen LogP contribution >= 0.6 is 0 Å². The van der Waals surface area contributed by atoms with Crippen molar-refractivity contribution in [1.82, 2.24) is 9.78 Å². The molecule has 0 atom stereocenters. The lowest BCUT2D eigenvalue weighted by Gasteiger charge is -1.93. The van der Waals surface area contributed by atoms with Gasteiger partial charge in [-0.1, -0.05) is 0 Å². The molecule has 0 aliphatic rings. The van der Waals surface area contributed by atoms with Gasteiger partial charge in [-0.05, 0) is 6.07 Å². The summed E-state index contributed by atoms with van der Waals surface area (Å²) in [5, 5.41) is 3.50. The van der Waals surface area contributed by atoms with Crippen LogP contribution in [0.5, 0.6) is 0 Å². The molecule has 4 heteroatoms. The highest BCUT2D eigenvalue weighted by Crippen LogP contribution is 1.84. The van der Waals surface area contributed by atoms with Gasteiger partial charge in [0.05, 0.1) is 7.11 Å². The number of methoxy groups -OCH3 is 1. The Labute approximate surface area is 52.0 Å². The van der Waals surface area contributed by atoms with Crippen molar-refractivity contribution < 1.29 is 9.53 Å². The molecule has 0 saturated heterocycles. The maximum atomic E-state index is 10.5. The monoisotopic (exact) mass is 125 g/mol. The van der Waals surface area contributed by atoms with E-state index in [4.69, 9.17) is 0 Å². The van der Waals surface area contributed by atoms with Crippen molar-refractivity contribution in [2.45, 2.75) is 0 Å². The zero-order chi connectivity index (χ0) is 6.69. The first-order valence-corrected chi connectivity index (χ1v) is 2.34. The fraction of sp³-hybridized carbons (Fsp3) is 0.200. The van der Waals surface area contributed by atoms with Crippen molar-refractivity contribution in [2.24, 2.45) is 0 Å². The molecule has 1 rings (SSSR count). The Morgan fingerprint density at radius 2 is 2.67 bits per heavy atom. The molecule has 1 radical (unpaired) electrons. The topological polar surface area (TPSA) is 44.1 Å². The summed E-state index contributed by atoms with van der Waals surface area (Å²) in [6.45, 7) is 0. The second kappa shape index (κ2) is 2.30. The predicted octanol–water partition coefficient (Wildman–Crippen LogP) is 0.298. The van der Waals surface area contributed by atoms with Gasteiger partial charge in [-0.15, -0.1) is 0 Å². The van der Waals surface area contributed by atoms with E-state index in [-0.39, 0.29) is 0 Å². The third-order valence-corrected chi connectivity index (χ3v) is 0.817. The van der Waals surface area contributed by atoms with Crippen LogP contribution in [0.4, 0.5) is 4.79 Å². The average molecular weight is 125 g/mol. The standard InChI is InChI=1S/C5H5N2O2/c1-9-5(8)7-4-2-3-6-7/h2,4H,1H3. The van der Waals surface area contributed by atoms with Gasteiger partial charge in [0.1, 0.15) is 6.20 Å². The highest BCUT2D eigenvalue weighted by atomic mass is 16.5. The van der Waals surface area contributed by atoms with Crippen LogP contribution in [0, 0.1) is 6.20 Å². The first kappa shape index (κ1) is 5.81. The number of aromatic nitrogens is 2. The molecule has 9 heavy (non-hydrogen) atoms. The molecule has 0 saturated carbocycles. The van der Waals surface area contributed by atoms with Crippen LogP contribution in [0.15, 0.2) is 12.3 Å². The zero-order valence-corrected chi connectivity index (χ0v) is 4.87. The molecule has 1 aromatic heterocycles. The maximum absolute atomic E-state index is 10.5. The molecule has 4 nitrogen and oxygen atoms in total. The normalized spacial score (nSPS) is 9.00. The van der Waals surface area contributed by atoms with E-state index in [9.17, 15) is 4.79 Å². The molecule has 1 aromatic rings. The first-order valence-electron chi connectivity index (χ1n) is 2.34. The van der Waals surface area contributed by atoms with Crippen LogP contribution in [0.25, 0.3) is 0 Å². The summed E-state index contributed by atoms with van der Waals surface area (Å²) >= 11 is 0. The summed E-state index contributed by atoms with van der Waals surface area (Å²) in [4.78, 5) is 10.5. The van der Waals surface area contributed by atoms with Crippen molar-refractivity contribution in [1.29, 1.82) is 0 Å². The number of hydrogen-bond acceptors (Lipinski definition) is 3. The third-order valence-electron chi connectivity index (χ3n) is 0.817. The Kier molecular flexibility index (Phi) is 1.48. The minimum atomic E-state index is -0.503. The Bertz CT molecular complexity index is 193. The van der Waals surface area contributed by atoms with E-state index in [1.807, 2.05) is 0 Å². The summed E-state index contributed by atoms with van der Waals surface area (Å²) in [5.74, 6) is 0. The summed E-state index contributed by atoms with van der Waals surface area (Å²) in [7, 11) is 1.30. The van der Waals surface area contributed by atoms with Crippen molar-refractivity contribution >= 4 is 6.09 Å². The highest BCUT2D eigenvalue weighted by molar-refractivity contribution is 5.68. The highest BCUT2D eigenvalue weighted by Gasteiger charge is 1.99. The summed E-state index contributed by atoms with van der Waals surface area (Å²) in [5.41, 5.74) is 0. The molecule has 0 unspecified atom stereocenters. The van der Waals surface area contributed by atoms with E-state index < -0.39 is 6.09 Å². The minimum absolute atomic E-state index is 0.503. The van der Waals surface area contributed by atoms with Gasteiger partial charge in [0.2, 0.25) is 0 Å². The lowest BCUT2D eigenvalue weighted by Crippen LogP contribution is -2.11. The molecule has 0 spiro atoms. The summed E-state index contributed by atoms with van der Waals surface area (Å²) in [6.07, 6.45) is 3.42. The number of nitrogens with zero attached hydrogens (tertiary/aromatic N) is 2. The molecule has 0 aliphatic heterocycles. The van der Waals surface area contributed by atoms with E-state index in [2.05, 4.69) is 16.0 Å². The third kappa shape index (κ3) is 1.07. The maximum Gasteiger partial charge on any atom is 0.434 e. The van der Waals surface area contributed by atoms with Crippen LogP contribution in [-0.2, 0) is 4.74 Å². The number of rotatable bonds is 0. The van der Waals surface area contributed by atoms with Crippen LogP contribution in [0.1, 0.15) is 0 Å². The molecule has 0 fully saturated rings. The van der Waals surface area contributed by atoms with E-state index in [0.29, 0.717) is 0 Å². The van der Waals surface area contributed by atoms with Crippen LogP contribution in [0.3, 0.4) is 0 Å². The van der Waals surface area contributed by atoms with Gasteiger partial charge >= 0.3 is 6.09 Å². The van der Waals surface area contributed by atoms with E-state index in [0.717, 1.165) is 4.68 Å². The molecule has 0 bridgehead atoms. The Morgan fingerprint density at radius 3 is 3.11 bits per heavy atom. The van der Waals surface area contributed by atoms with Crippen molar-refractivity contribution in [3.8, 4) is 0 Å². The SMILES string of the molecule is COC(=O)n1cc[c]n1. The Balaban J connectivity index is 2.77. The minimum Gasteiger partial charge on any atom is -0.451 e. The van der Waals surface area contributed by atoms with E-state index >= 15 is 0 Å². The second-order valence-electron chi connectivity index (χ2n) is 1.36. The van der Waals surface area contributed by atoms with Gasteiger partial charge in [0, 0.05) is 6.20 Å². The van der Waals surface area contributed by atoms with Gasteiger partial charge in [-0.3, -0.25) is 0 Å². The molecule has 47 valence electrons. The lowest BCUT2D eigenvalue weighted by molar-refractivity contribution is 0.169. The van der Waals surface area contributed by atoms with Crippen LogP contribution in [-0.4, -0.2) is 23.0 Å². The van der Waals surface area contributed by atoms with Crippen molar-refractivity contribution in [2.75, 3.05) is 7.11 Å². The van der Waals surface area contributed by atoms with Gasteiger partial charge < -0.3 is 4.74 Å². The summed E-state index contributed by atoms with van der Waals surface area (Å²) < 4.78 is 5.39. The van der Waals surface area contributed by atoms with Crippen LogP contribution in [0.2, 0.25) is 0 Å². The Hall–Kier alpha value is -1.32. The first-order chi connectivity index (χ1) is 4.34. The fourth-order valence-electron chi connectivity index (χ4n) is 0.428. The van der Waals surface area contributed by atoms with Crippen molar-refractivity contribution in [3.63, 3.8) is 0 Å².